The van der Waals surface area contributed by atoms with E-state index in [4.69, 9.17) is 11.5 Å². The van der Waals surface area contributed by atoms with Crippen LogP contribution >= 0.6 is 15.9 Å². The molecule has 1 aromatic carbocycles. The van der Waals surface area contributed by atoms with Crippen LogP contribution in [0.5, 0.6) is 0 Å². The molecular formula is C13H18BrN3O. The second-order valence-corrected chi connectivity index (χ2v) is 5.54. The monoisotopic (exact) mass is 311 g/mol. The number of carbonyl (C=O) groups excluding carboxylic acids is 1. The molecule has 0 bridgehead atoms. The van der Waals surface area contributed by atoms with Gasteiger partial charge in [0.25, 0.3) is 5.91 Å². The quantitative estimate of drug-likeness (QED) is 0.893. The summed E-state index contributed by atoms with van der Waals surface area (Å²) in [6.45, 7) is 2.54. The molecule has 0 radical (unpaired) electrons. The van der Waals surface area contributed by atoms with Crippen LogP contribution in [0.4, 0.5) is 5.69 Å². The maximum atomic E-state index is 11.6. The number of hydrogen-bond donors (Lipinski definition) is 2. The van der Waals surface area contributed by atoms with Crippen LogP contribution in [0.15, 0.2) is 22.7 Å². The third-order valence-corrected chi connectivity index (χ3v) is 4.09. The van der Waals surface area contributed by atoms with E-state index in [1.54, 1.807) is 0 Å². The van der Waals surface area contributed by atoms with Gasteiger partial charge in [-0.1, -0.05) is 6.07 Å². The molecule has 4 nitrogen and oxygen atoms in total. The SMILES string of the molecule is NCC1CCCN(c2cccc(Br)c2C(N)=O)C1. The van der Waals surface area contributed by atoms with Gasteiger partial charge in [-0.15, -0.1) is 0 Å². The van der Waals surface area contributed by atoms with E-state index in [9.17, 15) is 4.79 Å². The third-order valence-electron chi connectivity index (χ3n) is 3.43. The largest absolute Gasteiger partial charge is 0.371 e. The summed E-state index contributed by atoms with van der Waals surface area (Å²) in [5.74, 6) is 0.103. The van der Waals surface area contributed by atoms with Crippen LogP contribution in [0.25, 0.3) is 0 Å². The minimum Gasteiger partial charge on any atom is -0.371 e. The summed E-state index contributed by atoms with van der Waals surface area (Å²) < 4.78 is 0.752. The molecule has 18 heavy (non-hydrogen) atoms. The number of anilines is 1. The maximum Gasteiger partial charge on any atom is 0.251 e. The minimum absolute atomic E-state index is 0.396. The van der Waals surface area contributed by atoms with Gasteiger partial charge in [0.2, 0.25) is 0 Å². The molecule has 1 fully saturated rings. The molecule has 1 amide bonds. The Morgan fingerprint density at radius 1 is 1.50 bits per heavy atom. The van der Waals surface area contributed by atoms with Crippen molar-refractivity contribution in [3.63, 3.8) is 0 Å². The molecule has 0 aromatic heterocycles. The molecule has 1 aromatic rings. The van der Waals surface area contributed by atoms with E-state index in [2.05, 4.69) is 20.8 Å². The van der Waals surface area contributed by atoms with Crippen molar-refractivity contribution < 1.29 is 4.79 Å². The highest BCUT2D eigenvalue weighted by Crippen LogP contribution is 2.30. The van der Waals surface area contributed by atoms with Crippen LogP contribution < -0.4 is 16.4 Å². The van der Waals surface area contributed by atoms with E-state index in [0.717, 1.165) is 36.1 Å². The van der Waals surface area contributed by atoms with Crippen molar-refractivity contribution in [2.75, 3.05) is 24.5 Å². The van der Waals surface area contributed by atoms with Crippen molar-refractivity contribution in [1.82, 2.24) is 0 Å². The van der Waals surface area contributed by atoms with Crippen LogP contribution in [-0.4, -0.2) is 25.5 Å². The van der Waals surface area contributed by atoms with Crippen LogP contribution in [0.2, 0.25) is 0 Å². The molecule has 2 rings (SSSR count). The highest BCUT2D eigenvalue weighted by molar-refractivity contribution is 9.10. The van der Waals surface area contributed by atoms with Gasteiger partial charge >= 0.3 is 0 Å². The first kappa shape index (κ1) is 13.4. The van der Waals surface area contributed by atoms with Crippen molar-refractivity contribution in [3.8, 4) is 0 Å². The summed E-state index contributed by atoms with van der Waals surface area (Å²) in [5.41, 5.74) is 12.7. The average molecular weight is 312 g/mol. The number of nitrogens with zero attached hydrogens (tertiary/aromatic N) is 1. The zero-order valence-electron chi connectivity index (χ0n) is 10.2. The van der Waals surface area contributed by atoms with Crippen LogP contribution in [0.3, 0.4) is 0 Å². The molecule has 0 saturated carbocycles. The summed E-state index contributed by atoms with van der Waals surface area (Å²) in [6, 6.07) is 5.72. The van der Waals surface area contributed by atoms with Gasteiger partial charge in [0.05, 0.1) is 11.3 Å². The van der Waals surface area contributed by atoms with Gasteiger partial charge < -0.3 is 16.4 Å². The van der Waals surface area contributed by atoms with Gasteiger partial charge in [-0.25, -0.2) is 0 Å². The first-order valence-electron chi connectivity index (χ1n) is 6.16. The van der Waals surface area contributed by atoms with Gasteiger partial charge in [0.1, 0.15) is 0 Å². The van der Waals surface area contributed by atoms with Gasteiger partial charge in [0.15, 0.2) is 0 Å². The lowest BCUT2D eigenvalue weighted by molar-refractivity contribution is 0.1000. The van der Waals surface area contributed by atoms with E-state index in [1.807, 2.05) is 18.2 Å². The Morgan fingerprint density at radius 3 is 2.94 bits per heavy atom. The second-order valence-electron chi connectivity index (χ2n) is 4.69. The Bertz CT molecular complexity index is 450. The number of primary amides is 1. The Balaban J connectivity index is 2.32. The Labute approximate surface area is 115 Å². The first-order chi connectivity index (χ1) is 8.63. The maximum absolute atomic E-state index is 11.6. The Kier molecular flexibility index (Phi) is 4.24. The lowest BCUT2D eigenvalue weighted by Gasteiger charge is -2.35. The molecular weight excluding hydrogens is 294 g/mol. The summed E-state index contributed by atoms with van der Waals surface area (Å²) in [5, 5.41) is 0. The minimum atomic E-state index is -0.396. The molecule has 98 valence electrons. The highest BCUT2D eigenvalue weighted by atomic mass is 79.9. The van der Waals surface area contributed by atoms with E-state index in [0.29, 0.717) is 18.0 Å². The number of halogens is 1. The smallest absolute Gasteiger partial charge is 0.251 e. The second kappa shape index (κ2) is 5.71. The number of amides is 1. The van der Waals surface area contributed by atoms with Crippen LogP contribution in [0, 0.1) is 5.92 Å². The van der Waals surface area contributed by atoms with E-state index >= 15 is 0 Å². The zero-order valence-corrected chi connectivity index (χ0v) is 11.8. The summed E-state index contributed by atoms with van der Waals surface area (Å²) in [6.07, 6.45) is 2.26. The number of carbonyl (C=O) groups is 1. The van der Waals surface area contributed by atoms with Crippen molar-refractivity contribution in [2.24, 2.45) is 17.4 Å². The first-order valence-corrected chi connectivity index (χ1v) is 6.96. The third kappa shape index (κ3) is 2.67. The standard InChI is InChI=1S/C13H18BrN3O/c14-10-4-1-5-11(12(10)13(16)18)17-6-2-3-9(7-15)8-17/h1,4-5,9H,2-3,6-8,15H2,(H2,16,18). The Hall–Kier alpha value is -1.07. The summed E-state index contributed by atoms with van der Waals surface area (Å²) >= 11 is 3.39. The number of benzene rings is 1. The van der Waals surface area contributed by atoms with Gasteiger partial charge in [-0.05, 0) is 53.4 Å². The number of piperidine rings is 1. The molecule has 1 aliphatic rings. The molecule has 0 aliphatic carbocycles. The topological polar surface area (TPSA) is 72.3 Å². The number of nitrogens with two attached hydrogens (primary N) is 2. The van der Waals surface area contributed by atoms with Crippen molar-refractivity contribution in [1.29, 1.82) is 0 Å². The molecule has 1 saturated heterocycles. The molecule has 0 spiro atoms. The van der Waals surface area contributed by atoms with E-state index < -0.39 is 5.91 Å². The molecule has 1 atom stereocenters. The molecule has 1 heterocycles. The van der Waals surface area contributed by atoms with Gasteiger partial charge in [-0.2, -0.15) is 0 Å². The lowest BCUT2D eigenvalue weighted by Crippen LogP contribution is -2.39. The fourth-order valence-corrected chi connectivity index (χ4v) is 3.05. The highest BCUT2D eigenvalue weighted by Gasteiger charge is 2.23. The van der Waals surface area contributed by atoms with Crippen molar-refractivity contribution >= 4 is 27.5 Å². The average Bonchev–Trinajstić information content (AvgIpc) is 2.38. The predicted octanol–water partition coefficient (Wildman–Crippen LogP) is 1.72. The van der Waals surface area contributed by atoms with Crippen molar-refractivity contribution in [2.45, 2.75) is 12.8 Å². The van der Waals surface area contributed by atoms with E-state index in [1.165, 1.54) is 0 Å². The van der Waals surface area contributed by atoms with Gasteiger partial charge in [-0.3, -0.25) is 4.79 Å². The van der Waals surface area contributed by atoms with Crippen LogP contribution in [0.1, 0.15) is 23.2 Å². The summed E-state index contributed by atoms with van der Waals surface area (Å²) in [7, 11) is 0. The fraction of sp³-hybridized carbons (Fsp3) is 0.462. The lowest BCUT2D eigenvalue weighted by atomic mass is 9.97. The summed E-state index contributed by atoms with van der Waals surface area (Å²) in [4.78, 5) is 13.8. The molecule has 4 N–H and O–H groups in total. The van der Waals surface area contributed by atoms with Crippen LogP contribution in [-0.2, 0) is 0 Å². The van der Waals surface area contributed by atoms with Crippen molar-refractivity contribution in [3.05, 3.63) is 28.2 Å². The number of hydrogen-bond acceptors (Lipinski definition) is 3. The van der Waals surface area contributed by atoms with Gasteiger partial charge in [0, 0.05) is 17.6 Å². The zero-order chi connectivity index (χ0) is 13.1. The van der Waals surface area contributed by atoms with E-state index in [-0.39, 0.29) is 0 Å². The number of rotatable bonds is 3. The Morgan fingerprint density at radius 2 is 2.28 bits per heavy atom. The normalized spacial score (nSPS) is 19.9. The fourth-order valence-electron chi connectivity index (χ4n) is 2.50. The molecule has 1 aliphatic heterocycles. The molecule has 1 unspecified atom stereocenters. The predicted molar refractivity (Wildman–Crippen MR) is 76.7 cm³/mol. The molecule has 5 heteroatoms.